The Balaban J connectivity index is 1.77. The normalized spacial score (nSPS) is 18.6. The molecule has 0 saturated carbocycles. The van der Waals surface area contributed by atoms with Gasteiger partial charge < -0.3 is 15.0 Å². The Morgan fingerprint density at radius 2 is 2.19 bits per heavy atom. The van der Waals surface area contributed by atoms with Crippen molar-refractivity contribution in [1.29, 1.82) is 0 Å². The Labute approximate surface area is 151 Å². The van der Waals surface area contributed by atoms with Crippen LogP contribution in [0.2, 0.25) is 0 Å². The molecule has 2 aromatic heterocycles. The summed E-state index contributed by atoms with van der Waals surface area (Å²) in [5.74, 6) is 0.0443. The van der Waals surface area contributed by atoms with Crippen LogP contribution in [0, 0.1) is 13.8 Å². The van der Waals surface area contributed by atoms with E-state index in [-0.39, 0.29) is 29.0 Å². The quantitative estimate of drug-likeness (QED) is 0.820. The summed E-state index contributed by atoms with van der Waals surface area (Å²) in [5.41, 5.74) is 5.65. The van der Waals surface area contributed by atoms with E-state index in [1.807, 2.05) is 0 Å². The molecule has 2 N–H and O–H groups in total. The third-order valence-electron chi connectivity index (χ3n) is 4.19. The molecule has 9 nitrogen and oxygen atoms in total. The van der Waals surface area contributed by atoms with Crippen LogP contribution < -0.4 is 10.5 Å². The van der Waals surface area contributed by atoms with Gasteiger partial charge in [-0.3, -0.25) is 9.78 Å². The van der Waals surface area contributed by atoms with E-state index in [2.05, 4.69) is 10.1 Å². The molecule has 1 unspecified atom stereocenters. The summed E-state index contributed by atoms with van der Waals surface area (Å²) in [4.78, 5) is 15.2. The number of rotatable bonds is 5. The molecule has 140 valence electrons. The van der Waals surface area contributed by atoms with Crippen LogP contribution in [0.4, 0.5) is 0 Å². The topological polar surface area (TPSA) is 129 Å². The lowest BCUT2D eigenvalue weighted by Gasteiger charge is -2.32. The lowest BCUT2D eigenvalue weighted by Crippen LogP contribution is -2.44. The fourth-order valence-electron chi connectivity index (χ4n) is 3.00. The molecule has 1 fully saturated rings. The zero-order valence-corrected chi connectivity index (χ0v) is 15.3. The SMILES string of the molecule is Cc1noc(C)c1S(=O)(=O)N1CCCC(Oc2ccnc(C(N)=O)c2)C1. The standard InChI is InChI=1S/C16H20N4O5S/c1-10-15(11(2)25-19-10)26(22,23)20-7-3-4-13(9-20)24-12-5-6-18-14(8-12)16(17)21/h5-6,8,13H,3-4,7,9H2,1-2H3,(H2,17,21). The lowest BCUT2D eigenvalue weighted by molar-refractivity contribution is 0.0993. The van der Waals surface area contributed by atoms with Crippen LogP contribution in [-0.2, 0) is 10.0 Å². The molecular weight excluding hydrogens is 360 g/mol. The molecule has 1 atom stereocenters. The highest BCUT2D eigenvalue weighted by molar-refractivity contribution is 7.89. The molecule has 0 radical (unpaired) electrons. The summed E-state index contributed by atoms with van der Waals surface area (Å²) >= 11 is 0. The van der Waals surface area contributed by atoms with Crippen LogP contribution in [0.15, 0.2) is 27.7 Å². The summed E-state index contributed by atoms with van der Waals surface area (Å²) in [7, 11) is -3.72. The predicted molar refractivity (Wildman–Crippen MR) is 91.1 cm³/mol. The molecule has 10 heteroatoms. The van der Waals surface area contributed by atoms with Crippen molar-refractivity contribution in [3.8, 4) is 5.75 Å². The Morgan fingerprint density at radius 3 is 2.85 bits per heavy atom. The molecule has 3 heterocycles. The number of sulfonamides is 1. The number of amides is 1. The average molecular weight is 380 g/mol. The third-order valence-corrected chi connectivity index (χ3v) is 6.30. The molecule has 1 amide bonds. The highest BCUT2D eigenvalue weighted by Crippen LogP contribution is 2.27. The van der Waals surface area contributed by atoms with Gasteiger partial charge in [0.1, 0.15) is 28.1 Å². The molecule has 1 saturated heterocycles. The van der Waals surface area contributed by atoms with Crippen molar-refractivity contribution < 1.29 is 22.5 Å². The summed E-state index contributed by atoms with van der Waals surface area (Å²) in [6.45, 7) is 3.77. The van der Waals surface area contributed by atoms with Crippen molar-refractivity contribution in [2.24, 2.45) is 5.73 Å². The number of primary amides is 1. The van der Waals surface area contributed by atoms with Crippen LogP contribution in [0.5, 0.6) is 5.75 Å². The molecule has 0 aliphatic carbocycles. The highest BCUT2D eigenvalue weighted by Gasteiger charge is 2.35. The van der Waals surface area contributed by atoms with Crippen LogP contribution in [0.1, 0.15) is 34.8 Å². The summed E-state index contributed by atoms with van der Waals surface area (Å²) < 4.78 is 38.1. The first kappa shape index (κ1) is 18.3. The second-order valence-corrected chi connectivity index (χ2v) is 8.01. The van der Waals surface area contributed by atoms with Gasteiger partial charge in [0, 0.05) is 18.8 Å². The van der Waals surface area contributed by atoms with E-state index < -0.39 is 15.9 Å². The van der Waals surface area contributed by atoms with E-state index >= 15 is 0 Å². The minimum absolute atomic E-state index is 0.0958. The molecule has 2 aromatic rings. The molecule has 26 heavy (non-hydrogen) atoms. The lowest BCUT2D eigenvalue weighted by atomic mass is 10.1. The minimum atomic E-state index is -3.72. The van der Waals surface area contributed by atoms with Gasteiger partial charge in [-0.05, 0) is 32.8 Å². The zero-order valence-electron chi connectivity index (χ0n) is 14.5. The number of ether oxygens (including phenoxy) is 1. The van der Waals surface area contributed by atoms with E-state index in [1.165, 1.54) is 16.6 Å². The van der Waals surface area contributed by atoms with Gasteiger partial charge in [-0.25, -0.2) is 8.42 Å². The Kier molecular flexibility index (Phi) is 4.97. The van der Waals surface area contributed by atoms with Crippen molar-refractivity contribution in [3.05, 3.63) is 35.5 Å². The fraction of sp³-hybridized carbons (Fsp3) is 0.438. The number of hydrogen-bond acceptors (Lipinski definition) is 7. The van der Waals surface area contributed by atoms with Crippen molar-refractivity contribution in [2.75, 3.05) is 13.1 Å². The first-order valence-corrected chi connectivity index (χ1v) is 9.58. The predicted octanol–water partition coefficient (Wildman–Crippen LogP) is 1.02. The summed E-state index contributed by atoms with van der Waals surface area (Å²) in [5, 5.41) is 3.73. The van der Waals surface area contributed by atoms with Gasteiger partial charge in [-0.15, -0.1) is 0 Å². The van der Waals surface area contributed by atoms with Crippen molar-refractivity contribution >= 4 is 15.9 Å². The maximum absolute atomic E-state index is 12.9. The van der Waals surface area contributed by atoms with E-state index in [0.717, 1.165) is 0 Å². The summed E-state index contributed by atoms with van der Waals surface area (Å²) in [6.07, 6.45) is 2.43. The highest BCUT2D eigenvalue weighted by atomic mass is 32.2. The van der Waals surface area contributed by atoms with Crippen LogP contribution in [0.3, 0.4) is 0 Å². The number of carbonyl (C=O) groups excluding carboxylic acids is 1. The van der Waals surface area contributed by atoms with Gasteiger partial charge in [-0.2, -0.15) is 4.31 Å². The number of hydrogen-bond donors (Lipinski definition) is 1. The molecule has 1 aliphatic rings. The van der Waals surface area contributed by atoms with Gasteiger partial charge in [0.15, 0.2) is 5.76 Å². The van der Waals surface area contributed by atoms with Crippen LogP contribution >= 0.6 is 0 Å². The smallest absolute Gasteiger partial charge is 0.267 e. The number of nitrogens with two attached hydrogens (primary N) is 1. The number of carbonyl (C=O) groups is 1. The van der Waals surface area contributed by atoms with Crippen molar-refractivity contribution in [2.45, 2.75) is 37.7 Å². The maximum Gasteiger partial charge on any atom is 0.267 e. The first-order chi connectivity index (χ1) is 12.3. The zero-order chi connectivity index (χ0) is 18.9. The number of aryl methyl sites for hydroxylation is 2. The third kappa shape index (κ3) is 3.56. The molecule has 0 aromatic carbocycles. The van der Waals surface area contributed by atoms with E-state index in [9.17, 15) is 13.2 Å². The number of pyridine rings is 1. The molecule has 1 aliphatic heterocycles. The fourth-order valence-corrected chi connectivity index (χ4v) is 4.80. The second kappa shape index (κ2) is 7.04. The van der Waals surface area contributed by atoms with Gasteiger partial charge in [-0.1, -0.05) is 5.16 Å². The maximum atomic E-state index is 12.9. The van der Waals surface area contributed by atoms with E-state index in [1.54, 1.807) is 19.9 Å². The molecule has 0 spiro atoms. The Bertz CT molecular complexity index is 905. The largest absolute Gasteiger partial charge is 0.489 e. The van der Waals surface area contributed by atoms with Crippen LogP contribution in [0.25, 0.3) is 0 Å². The summed E-state index contributed by atoms with van der Waals surface area (Å²) in [6, 6.07) is 3.05. The average Bonchev–Trinajstić information content (AvgIpc) is 2.94. The van der Waals surface area contributed by atoms with Crippen molar-refractivity contribution in [1.82, 2.24) is 14.4 Å². The number of aromatic nitrogens is 2. The van der Waals surface area contributed by atoms with Gasteiger partial charge in [0.25, 0.3) is 5.91 Å². The van der Waals surface area contributed by atoms with E-state index in [4.69, 9.17) is 15.0 Å². The number of nitrogens with zero attached hydrogens (tertiary/aromatic N) is 3. The van der Waals surface area contributed by atoms with Gasteiger partial charge in [0.2, 0.25) is 10.0 Å². The number of piperidine rings is 1. The minimum Gasteiger partial charge on any atom is -0.489 e. The van der Waals surface area contributed by atoms with Gasteiger partial charge >= 0.3 is 0 Å². The van der Waals surface area contributed by atoms with Crippen molar-refractivity contribution in [3.63, 3.8) is 0 Å². The molecule has 3 rings (SSSR count). The monoisotopic (exact) mass is 380 g/mol. The Morgan fingerprint density at radius 1 is 1.42 bits per heavy atom. The van der Waals surface area contributed by atoms with Crippen LogP contribution in [-0.4, -0.2) is 48.0 Å². The molecule has 0 bridgehead atoms. The van der Waals surface area contributed by atoms with Gasteiger partial charge in [0.05, 0.1) is 6.54 Å². The first-order valence-electron chi connectivity index (χ1n) is 8.14. The second-order valence-electron chi connectivity index (χ2n) is 6.14. The Hall–Kier alpha value is -2.46. The molecular formula is C16H20N4O5S. The van der Waals surface area contributed by atoms with E-state index in [0.29, 0.717) is 30.8 Å².